The van der Waals surface area contributed by atoms with Crippen LogP contribution in [0.3, 0.4) is 0 Å². The Bertz CT molecular complexity index is 636. The third-order valence-corrected chi connectivity index (χ3v) is 8.19. The van der Waals surface area contributed by atoms with E-state index in [1.165, 1.54) is 56.9 Å². The van der Waals surface area contributed by atoms with Crippen molar-refractivity contribution in [1.82, 2.24) is 0 Å². The minimum atomic E-state index is 0.389. The molecule has 216 valence electrons. The first kappa shape index (κ1) is 34.5. The lowest BCUT2D eigenvalue weighted by Gasteiger charge is -2.26. The number of alkyl halides is 1. The lowest BCUT2D eigenvalue weighted by atomic mass is 9.80. The maximum Gasteiger partial charge on any atom is 0.147 e. The summed E-state index contributed by atoms with van der Waals surface area (Å²) >= 11 is 5.87. The molecule has 1 aromatic carbocycles. The number of halogens is 1. The van der Waals surface area contributed by atoms with Crippen molar-refractivity contribution < 1.29 is 9.47 Å². The van der Waals surface area contributed by atoms with Crippen LogP contribution >= 0.6 is 11.6 Å². The Labute approximate surface area is 236 Å². The van der Waals surface area contributed by atoms with Crippen LogP contribution in [-0.2, 0) is 16.1 Å². The van der Waals surface area contributed by atoms with Gasteiger partial charge in [0.05, 0.1) is 6.61 Å². The molecule has 0 N–H and O–H groups in total. The first-order chi connectivity index (χ1) is 17.7. The predicted octanol–water partition coefficient (Wildman–Crippen LogP) is 10.8. The van der Waals surface area contributed by atoms with E-state index < -0.39 is 0 Å². The van der Waals surface area contributed by atoms with Crippen LogP contribution in [0.5, 0.6) is 0 Å². The number of benzene rings is 1. The smallest absolute Gasteiger partial charge is 0.147 e. The summed E-state index contributed by atoms with van der Waals surface area (Å²) in [4.78, 5) is 0. The molecule has 0 fully saturated rings. The fourth-order valence-corrected chi connectivity index (χ4v) is 6.80. The van der Waals surface area contributed by atoms with Gasteiger partial charge in [-0.25, -0.2) is 0 Å². The highest BCUT2D eigenvalue weighted by Crippen LogP contribution is 2.30. The highest BCUT2D eigenvalue weighted by Gasteiger charge is 2.18. The lowest BCUT2D eigenvalue weighted by Crippen LogP contribution is -2.14. The van der Waals surface area contributed by atoms with Crippen molar-refractivity contribution in [3.8, 4) is 0 Å². The van der Waals surface area contributed by atoms with E-state index in [0.29, 0.717) is 13.4 Å². The third-order valence-electron chi connectivity index (χ3n) is 7.92. The Hall–Kier alpha value is -0.570. The molecule has 0 aromatic heterocycles. The topological polar surface area (TPSA) is 18.5 Å². The highest BCUT2D eigenvalue weighted by atomic mass is 35.5. The molecule has 0 spiro atoms. The van der Waals surface area contributed by atoms with Crippen molar-refractivity contribution in [2.24, 2.45) is 41.4 Å². The molecule has 0 bridgehead atoms. The van der Waals surface area contributed by atoms with Gasteiger partial charge in [-0.1, -0.05) is 78.8 Å². The fourth-order valence-electron chi connectivity index (χ4n) is 6.65. The summed E-state index contributed by atoms with van der Waals surface area (Å²) < 4.78 is 11.3. The highest BCUT2D eigenvalue weighted by molar-refractivity contribution is 6.17. The third kappa shape index (κ3) is 19.2. The van der Waals surface area contributed by atoms with Crippen LogP contribution in [-0.4, -0.2) is 19.3 Å². The van der Waals surface area contributed by atoms with Gasteiger partial charge in [-0.15, -0.1) is 11.6 Å². The van der Waals surface area contributed by atoms with Gasteiger partial charge in [-0.3, -0.25) is 0 Å². The molecule has 0 heterocycles. The molecule has 7 atom stereocenters. The second kappa shape index (κ2) is 21.3. The monoisotopic (exact) mass is 536 g/mol. The molecule has 0 saturated carbocycles. The van der Waals surface area contributed by atoms with Gasteiger partial charge in [0.2, 0.25) is 0 Å². The van der Waals surface area contributed by atoms with Crippen LogP contribution in [0.1, 0.15) is 118 Å². The van der Waals surface area contributed by atoms with E-state index in [1.54, 1.807) is 0 Å². The summed E-state index contributed by atoms with van der Waals surface area (Å²) in [5.74, 6) is 6.51. The normalized spacial score (nSPS) is 17.6. The molecular formula is C34H61ClO2. The first-order valence-electron chi connectivity index (χ1n) is 15.4. The van der Waals surface area contributed by atoms with Crippen molar-refractivity contribution in [1.29, 1.82) is 0 Å². The molecule has 1 aromatic rings. The number of rotatable bonds is 23. The Morgan fingerprint density at radius 1 is 0.568 bits per heavy atom. The second-order valence-corrected chi connectivity index (χ2v) is 13.4. The van der Waals surface area contributed by atoms with E-state index in [9.17, 15) is 0 Å². The zero-order valence-electron chi connectivity index (χ0n) is 25.5. The second-order valence-electron chi connectivity index (χ2n) is 13.0. The SMILES string of the molecule is CC(CCCCl)CC(C)CC(C)CC(C)CC(C)CC(C)CC(C)CCCOCOCc1ccccc1. The molecular weight excluding hydrogens is 476 g/mol. The molecule has 3 heteroatoms. The van der Waals surface area contributed by atoms with E-state index in [1.807, 2.05) is 18.2 Å². The average molecular weight is 537 g/mol. The van der Waals surface area contributed by atoms with Crippen molar-refractivity contribution in [3.63, 3.8) is 0 Å². The summed E-state index contributed by atoms with van der Waals surface area (Å²) in [5.41, 5.74) is 1.20. The van der Waals surface area contributed by atoms with Gasteiger partial charge in [0.15, 0.2) is 0 Å². The van der Waals surface area contributed by atoms with Gasteiger partial charge < -0.3 is 9.47 Å². The van der Waals surface area contributed by atoms with Crippen molar-refractivity contribution in [2.45, 2.75) is 119 Å². The van der Waals surface area contributed by atoms with E-state index in [2.05, 4.69) is 60.6 Å². The van der Waals surface area contributed by atoms with Crippen molar-refractivity contribution >= 4 is 11.6 Å². The van der Waals surface area contributed by atoms with E-state index in [-0.39, 0.29) is 0 Å². The van der Waals surface area contributed by atoms with Crippen LogP contribution < -0.4 is 0 Å². The summed E-state index contributed by atoms with van der Waals surface area (Å²) in [5, 5.41) is 0. The number of ether oxygens (including phenoxy) is 2. The summed E-state index contributed by atoms with van der Waals surface area (Å²) in [6, 6.07) is 10.3. The fraction of sp³-hybridized carbons (Fsp3) is 0.824. The average Bonchev–Trinajstić information content (AvgIpc) is 2.82. The maximum absolute atomic E-state index is 5.87. The number of hydrogen-bond acceptors (Lipinski definition) is 2. The molecule has 0 saturated heterocycles. The van der Waals surface area contributed by atoms with E-state index >= 15 is 0 Å². The minimum absolute atomic E-state index is 0.389. The van der Waals surface area contributed by atoms with Gasteiger partial charge in [0.1, 0.15) is 6.79 Å². The molecule has 0 aliphatic heterocycles. The van der Waals surface area contributed by atoms with Crippen LogP contribution in [0.15, 0.2) is 30.3 Å². The first-order valence-corrected chi connectivity index (χ1v) is 16.0. The predicted molar refractivity (Wildman–Crippen MR) is 163 cm³/mol. The standard InChI is InChI=1S/C34H61ClO2/c1-27(13-11-17-35)19-29(3)21-31(5)23-33(7)24-32(6)22-30(4)20-28(2)14-12-18-36-26-37-25-34-15-9-8-10-16-34/h8-10,15-16,27-33H,11-14,17-26H2,1-7H3. The van der Waals surface area contributed by atoms with Gasteiger partial charge in [0, 0.05) is 12.5 Å². The molecule has 0 radical (unpaired) electrons. The van der Waals surface area contributed by atoms with Gasteiger partial charge in [-0.05, 0) is 111 Å². The van der Waals surface area contributed by atoms with Gasteiger partial charge in [-0.2, -0.15) is 0 Å². The molecule has 0 aliphatic carbocycles. The zero-order chi connectivity index (χ0) is 27.5. The quantitative estimate of drug-likeness (QED) is 0.0786. The van der Waals surface area contributed by atoms with Crippen LogP contribution in [0.2, 0.25) is 0 Å². The Balaban J connectivity index is 2.10. The molecule has 1 rings (SSSR count). The Kier molecular flexibility index (Phi) is 19.8. The maximum atomic E-state index is 5.87. The molecule has 37 heavy (non-hydrogen) atoms. The summed E-state index contributed by atoms with van der Waals surface area (Å²) in [7, 11) is 0. The molecule has 0 aliphatic rings. The van der Waals surface area contributed by atoms with Crippen LogP contribution in [0.25, 0.3) is 0 Å². The van der Waals surface area contributed by atoms with E-state index in [0.717, 1.165) is 66.8 Å². The Morgan fingerprint density at radius 2 is 1.00 bits per heavy atom. The largest absolute Gasteiger partial charge is 0.355 e. The van der Waals surface area contributed by atoms with Crippen LogP contribution in [0, 0.1) is 41.4 Å². The summed E-state index contributed by atoms with van der Waals surface area (Å²) in [6.45, 7) is 19.0. The lowest BCUT2D eigenvalue weighted by molar-refractivity contribution is -0.0628. The van der Waals surface area contributed by atoms with Crippen molar-refractivity contribution in [2.75, 3.05) is 19.3 Å². The van der Waals surface area contributed by atoms with Crippen LogP contribution in [0.4, 0.5) is 0 Å². The Morgan fingerprint density at radius 3 is 1.46 bits per heavy atom. The van der Waals surface area contributed by atoms with Gasteiger partial charge >= 0.3 is 0 Å². The van der Waals surface area contributed by atoms with Crippen molar-refractivity contribution in [3.05, 3.63) is 35.9 Å². The summed E-state index contributed by atoms with van der Waals surface area (Å²) in [6.07, 6.45) is 13.0. The van der Waals surface area contributed by atoms with Gasteiger partial charge in [0.25, 0.3) is 0 Å². The molecule has 0 amide bonds. The molecule has 7 unspecified atom stereocenters. The zero-order valence-corrected chi connectivity index (χ0v) is 26.3. The molecule has 2 nitrogen and oxygen atoms in total. The minimum Gasteiger partial charge on any atom is -0.355 e. The number of hydrogen-bond donors (Lipinski definition) is 0. The van der Waals surface area contributed by atoms with E-state index in [4.69, 9.17) is 21.1 Å².